The third kappa shape index (κ3) is 1.01. The Labute approximate surface area is 81.6 Å². The maximum atomic E-state index is 5.73. The molecular formula is C5H2Cl2N4S. The van der Waals surface area contributed by atoms with Crippen molar-refractivity contribution in [2.45, 2.75) is 0 Å². The molecule has 2 heterocycles. The van der Waals surface area contributed by atoms with Crippen LogP contribution in [-0.2, 0) is 0 Å². The summed E-state index contributed by atoms with van der Waals surface area (Å²) >= 11 is 12.4. The highest BCUT2D eigenvalue weighted by Crippen LogP contribution is 2.29. The van der Waals surface area contributed by atoms with E-state index in [0.29, 0.717) is 16.7 Å². The number of hydrogen-bond acceptors (Lipinski definition) is 5. The molecule has 0 aliphatic carbocycles. The third-order valence-electron chi connectivity index (χ3n) is 1.36. The number of halogens is 2. The predicted octanol–water partition coefficient (Wildman–Crippen LogP) is 1.98. The molecule has 2 N–H and O–H groups in total. The fourth-order valence-corrected chi connectivity index (χ4v) is 1.84. The normalized spacial score (nSPS) is 10.8. The Kier molecular flexibility index (Phi) is 1.79. The zero-order valence-corrected chi connectivity index (χ0v) is 7.91. The first-order valence-electron chi connectivity index (χ1n) is 2.93. The Morgan fingerprint density at radius 2 is 1.75 bits per heavy atom. The van der Waals surface area contributed by atoms with Gasteiger partial charge in [0.05, 0.1) is 17.4 Å². The summed E-state index contributed by atoms with van der Waals surface area (Å²) in [6, 6.07) is 0. The number of anilines is 1. The molecular weight excluding hydrogens is 219 g/mol. The summed E-state index contributed by atoms with van der Waals surface area (Å²) in [6.07, 6.45) is 0. The van der Waals surface area contributed by atoms with Gasteiger partial charge >= 0.3 is 0 Å². The van der Waals surface area contributed by atoms with Gasteiger partial charge in [0.1, 0.15) is 11.0 Å². The first kappa shape index (κ1) is 7.97. The van der Waals surface area contributed by atoms with Crippen LogP contribution in [0.25, 0.3) is 11.0 Å². The van der Waals surface area contributed by atoms with E-state index in [4.69, 9.17) is 28.9 Å². The van der Waals surface area contributed by atoms with Crippen LogP contribution in [0.2, 0.25) is 10.3 Å². The van der Waals surface area contributed by atoms with Crippen LogP contribution >= 0.6 is 34.9 Å². The van der Waals surface area contributed by atoms with E-state index in [1.54, 1.807) is 0 Å². The van der Waals surface area contributed by atoms with Crippen LogP contribution in [0, 0.1) is 0 Å². The summed E-state index contributed by atoms with van der Waals surface area (Å²) in [6.45, 7) is 0. The Balaban J connectivity index is 2.97. The van der Waals surface area contributed by atoms with Gasteiger partial charge in [-0.2, -0.15) is 8.75 Å². The summed E-state index contributed by atoms with van der Waals surface area (Å²) in [5.74, 6) is 0. The number of aromatic nitrogens is 3. The van der Waals surface area contributed by atoms with Crippen molar-refractivity contribution in [1.29, 1.82) is 0 Å². The van der Waals surface area contributed by atoms with E-state index in [2.05, 4.69) is 13.7 Å². The zero-order valence-electron chi connectivity index (χ0n) is 5.58. The molecule has 62 valence electrons. The topological polar surface area (TPSA) is 64.7 Å². The fraction of sp³-hybridized carbons (Fsp3) is 0. The van der Waals surface area contributed by atoms with Gasteiger partial charge in [-0.3, -0.25) is 0 Å². The van der Waals surface area contributed by atoms with Crippen LogP contribution in [0.1, 0.15) is 0 Å². The van der Waals surface area contributed by atoms with Crippen molar-refractivity contribution in [2.24, 2.45) is 0 Å². The van der Waals surface area contributed by atoms with Gasteiger partial charge < -0.3 is 5.73 Å². The number of pyridine rings is 1. The largest absolute Gasteiger partial charge is 0.394 e. The molecule has 0 amide bonds. The third-order valence-corrected chi connectivity index (χ3v) is 2.44. The lowest BCUT2D eigenvalue weighted by Gasteiger charge is -1.97. The van der Waals surface area contributed by atoms with Crippen LogP contribution < -0.4 is 5.73 Å². The summed E-state index contributed by atoms with van der Waals surface area (Å²) in [5, 5.41) is 0.401. The quantitative estimate of drug-likeness (QED) is 0.690. The van der Waals surface area contributed by atoms with Gasteiger partial charge in [0.25, 0.3) is 0 Å². The SMILES string of the molecule is Nc1c(Cl)nc(Cl)c2nsnc12. The van der Waals surface area contributed by atoms with Crippen LogP contribution in [0.15, 0.2) is 0 Å². The molecule has 0 fully saturated rings. The summed E-state index contributed by atoms with van der Waals surface area (Å²) < 4.78 is 7.85. The molecule has 0 unspecified atom stereocenters. The van der Waals surface area contributed by atoms with E-state index in [0.717, 1.165) is 11.7 Å². The van der Waals surface area contributed by atoms with E-state index in [1.807, 2.05) is 0 Å². The van der Waals surface area contributed by atoms with Gasteiger partial charge in [-0.1, -0.05) is 23.2 Å². The molecule has 0 aromatic carbocycles. The van der Waals surface area contributed by atoms with Crippen molar-refractivity contribution in [2.75, 3.05) is 5.73 Å². The van der Waals surface area contributed by atoms with Crippen LogP contribution in [0.3, 0.4) is 0 Å². The van der Waals surface area contributed by atoms with Crippen molar-refractivity contribution in [1.82, 2.24) is 13.7 Å². The van der Waals surface area contributed by atoms with Crippen molar-refractivity contribution in [3.05, 3.63) is 10.3 Å². The standard InChI is InChI=1S/C5H2Cl2N4S/c6-4-1(8)2-3(5(7)9-4)11-12-10-2/h8H2. The number of fused-ring (bicyclic) bond motifs is 1. The minimum Gasteiger partial charge on any atom is -0.394 e. The second-order valence-corrected chi connectivity index (χ2v) is 3.31. The Bertz CT molecular complexity index is 440. The Morgan fingerprint density at radius 3 is 2.50 bits per heavy atom. The lowest BCUT2D eigenvalue weighted by Crippen LogP contribution is -1.91. The van der Waals surface area contributed by atoms with Crippen LogP contribution in [0.4, 0.5) is 5.69 Å². The molecule has 0 atom stereocenters. The predicted molar refractivity (Wildman–Crippen MR) is 49.6 cm³/mol. The van der Waals surface area contributed by atoms with Crippen LogP contribution in [0.5, 0.6) is 0 Å². The molecule has 0 aliphatic heterocycles. The molecule has 0 aliphatic rings. The van der Waals surface area contributed by atoms with E-state index in [1.165, 1.54) is 0 Å². The first-order chi connectivity index (χ1) is 5.70. The van der Waals surface area contributed by atoms with Crippen molar-refractivity contribution in [3.63, 3.8) is 0 Å². The Hall–Kier alpha value is -0.650. The highest BCUT2D eigenvalue weighted by atomic mass is 35.5. The first-order valence-corrected chi connectivity index (χ1v) is 4.41. The molecule has 0 saturated carbocycles. The molecule has 4 nitrogen and oxygen atoms in total. The van der Waals surface area contributed by atoms with Crippen LogP contribution in [-0.4, -0.2) is 13.7 Å². The summed E-state index contributed by atoms with van der Waals surface area (Å²) in [5.41, 5.74) is 6.93. The number of nitrogens with zero attached hydrogens (tertiary/aromatic N) is 3. The van der Waals surface area contributed by atoms with Gasteiger partial charge in [0.2, 0.25) is 0 Å². The molecule has 0 bridgehead atoms. The number of nitrogen functional groups attached to an aromatic ring is 1. The highest BCUT2D eigenvalue weighted by molar-refractivity contribution is 7.00. The van der Waals surface area contributed by atoms with Crippen molar-refractivity contribution in [3.8, 4) is 0 Å². The van der Waals surface area contributed by atoms with E-state index in [-0.39, 0.29) is 10.3 Å². The fourth-order valence-electron chi connectivity index (χ4n) is 0.798. The minimum absolute atomic E-state index is 0.167. The molecule has 0 radical (unpaired) electrons. The maximum absolute atomic E-state index is 5.73. The average molecular weight is 221 g/mol. The van der Waals surface area contributed by atoms with Gasteiger partial charge in [-0.15, -0.1) is 0 Å². The minimum atomic E-state index is 0.167. The molecule has 2 aromatic heterocycles. The molecule has 0 saturated heterocycles. The molecule has 12 heavy (non-hydrogen) atoms. The van der Waals surface area contributed by atoms with Crippen molar-refractivity contribution >= 4 is 51.7 Å². The average Bonchev–Trinajstić information content (AvgIpc) is 2.48. The Morgan fingerprint density at radius 1 is 1.08 bits per heavy atom. The smallest absolute Gasteiger partial charge is 0.159 e. The molecule has 0 spiro atoms. The van der Waals surface area contributed by atoms with E-state index >= 15 is 0 Å². The maximum Gasteiger partial charge on any atom is 0.159 e. The monoisotopic (exact) mass is 220 g/mol. The summed E-state index contributed by atoms with van der Waals surface area (Å²) in [4.78, 5) is 3.78. The van der Waals surface area contributed by atoms with Gasteiger partial charge in [-0.05, 0) is 0 Å². The second kappa shape index (κ2) is 2.69. The van der Waals surface area contributed by atoms with E-state index in [9.17, 15) is 0 Å². The molecule has 2 rings (SSSR count). The number of nitrogens with two attached hydrogens (primary N) is 1. The van der Waals surface area contributed by atoms with Crippen molar-refractivity contribution < 1.29 is 0 Å². The van der Waals surface area contributed by atoms with Gasteiger partial charge in [0.15, 0.2) is 10.3 Å². The highest BCUT2D eigenvalue weighted by Gasteiger charge is 2.11. The lowest BCUT2D eigenvalue weighted by molar-refractivity contribution is 1.35. The number of rotatable bonds is 0. The molecule has 2 aromatic rings. The van der Waals surface area contributed by atoms with Gasteiger partial charge in [-0.25, -0.2) is 4.98 Å². The second-order valence-electron chi connectivity index (χ2n) is 2.07. The molecule has 7 heteroatoms. The number of hydrogen-bond donors (Lipinski definition) is 1. The van der Waals surface area contributed by atoms with Gasteiger partial charge in [0, 0.05) is 0 Å². The zero-order chi connectivity index (χ0) is 8.72. The van der Waals surface area contributed by atoms with E-state index < -0.39 is 0 Å². The lowest BCUT2D eigenvalue weighted by atomic mass is 10.4. The summed E-state index contributed by atoms with van der Waals surface area (Å²) in [7, 11) is 0.